The smallest absolute Gasteiger partial charge is 0.181 e. The van der Waals surface area contributed by atoms with Crippen LogP contribution in [0.25, 0.3) is 56.0 Å². The molecular formula is C33H34FN9O2. The summed E-state index contributed by atoms with van der Waals surface area (Å²) >= 11 is 0. The highest BCUT2D eigenvalue weighted by Crippen LogP contribution is 2.33. The minimum atomic E-state index is -0.384. The van der Waals surface area contributed by atoms with Gasteiger partial charge in [-0.3, -0.25) is 15.0 Å². The molecule has 0 spiro atoms. The topological polar surface area (TPSA) is 121 Å². The molecule has 230 valence electrons. The fraction of sp³-hybridized carbons (Fsp3) is 0.303. The van der Waals surface area contributed by atoms with Gasteiger partial charge in [0, 0.05) is 54.4 Å². The number of rotatable bonds is 11. The number of aromatic nitrogens is 7. The van der Waals surface area contributed by atoms with Gasteiger partial charge in [0.2, 0.25) is 0 Å². The van der Waals surface area contributed by atoms with Crippen molar-refractivity contribution < 1.29 is 13.9 Å². The number of imidazole rings is 1. The molecular weight excluding hydrogens is 573 g/mol. The van der Waals surface area contributed by atoms with E-state index in [1.165, 1.54) is 25.0 Å². The van der Waals surface area contributed by atoms with Crippen molar-refractivity contribution in [3.05, 3.63) is 67.0 Å². The summed E-state index contributed by atoms with van der Waals surface area (Å²) in [6.07, 6.45) is 9.49. The zero-order valence-corrected chi connectivity index (χ0v) is 25.3. The molecule has 1 aromatic carbocycles. The number of pyridine rings is 3. The Morgan fingerprint density at radius 2 is 1.71 bits per heavy atom. The standard InChI is InChI=1S/C33H34FN9O2/c1-42(2)9-11-44-25-14-21(13-24(34)17-25)27-5-6-36-32-29(27)38-33(39-32)30-28-16-23(19-37-31(28)41-40-30)22-15-26(20-35-18-22)45-12-10-43-7-3-4-8-43/h5-6,13-20H,3-4,7-12H2,1-2H3,(H,36,38,39)(H,37,40,41). The number of likely N-dealkylation sites (N-methyl/N-ethyl adjacent to an activating group) is 1. The summed E-state index contributed by atoms with van der Waals surface area (Å²) < 4.78 is 26.5. The maximum atomic E-state index is 14.7. The average Bonchev–Trinajstić information content (AvgIpc) is 3.80. The van der Waals surface area contributed by atoms with E-state index in [4.69, 9.17) is 14.5 Å². The second kappa shape index (κ2) is 12.6. The molecule has 7 rings (SSSR count). The van der Waals surface area contributed by atoms with E-state index in [-0.39, 0.29) is 5.82 Å². The van der Waals surface area contributed by atoms with Crippen LogP contribution < -0.4 is 9.47 Å². The molecule has 6 aromatic rings. The molecule has 0 aliphatic carbocycles. The average molecular weight is 608 g/mol. The van der Waals surface area contributed by atoms with E-state index in [1.54, 1.807) is 24.8 Å². The van der Waals surface area contributed by atoms with E-state index < -0.39 is 0 Å². The van der Waals surface area contributed by atoms with E-state index in [0.717, 1.165) is 54.0 Å². The summed E-state index contributed by atoms with van der Waals surface area (Å²) in [5.74, 6) is 1.34. The van der Waals surface area contributed by atoms with E-state index in [0.29, 0.717) is 52.9 Å². The molecule has 0 amide bonds. The third kappa shape index (κ3) is 6.33. The monoisotopic (exact) mass is 607 g/mol. The van der Waals surface area contributed by atoms with Crippen LogP contribution in [0, 0.1) is 5.82 Å². The van der Waals surface area contributed by atoms with Crippen LogP contribution in [0.2, 0.25) is 0 Å². The predicted molar refractivity (Wildman–Crippen MR) is 171 cm³/mol. The molecule has 1 saturated heterocycles. The molecule has 6 heterocycles. The Kier molecular flexibility index (Phi) is 8.05. The van der Waals surface area contributed by atoms with Gasteiger partial charge in [-0.05, 0) is 75.9 Å². The molecule has 11 nitrogen and oxygen atoms in total. The van der Waals surface area contributed by atoms with Crippen molar-refractivity contribution in [2.75, 3.05) is 53.5 Å². The van der Waals surface area contributed by atoms with Crippen molar-refractivity contribution >= 4 is 22.2 Å². The molecule has 0 bridgehead atoms. The number of benzene rings is 1. The minimum Gasteiger partial charge on any atom is -0.492 e. The number of likely N-dealkylation sites (tertiary alicyclic amines) is 1. The van der Waals surface area contributed by atoms with Crippen LogP contribution in [0.1, 0.15) is 12.8 Å². The molecule has 45 heavy (non-hydrogen) atoms. The van der Waals surface area contributed by atoms with Gasteiger partial charge in [-0.15, -0.1) is 0 Å². The van der Waals surface area contributed by atoms with Crippen molar-refractivity contribution in [1.82, 2.24) is 44.9 Å². The molecule has 0 radical (unpaired) electrons. The molecule has 0 unspecified atom stereocenters. The lowest BCUT2D eigenvalue weighted by Gasteiger charge is -2.15. The van der Waals surface area contributed by atoms with Gasteiger partial charge in [-0.2, -0.15) is 5.10 Å². The highest BCUT2D eigenvalue weighted by molar-refractivity contribution is 5.96. The first kappa shape index (κ1) is 28.8. The number of nitrogens with zero attached hydrogens (tertiary/aromatic N) is 7. The largest absolute Gasteiger partial charge is 0.492 e. The van der Waals surface area contributed by atoms with Gasteiger partial charge in [0.1, 0.15) is 36.2 Å². The van der Waals surface area contributed by atoms with Crippen molar-refractivity contribution in [2.45, 2.75) is 12.8 Å². The lowest BCUT2D eigenvalue weighted by molar-refractivity contribution is 0.237. The fourth-order valence-electron chi connectivity index (χ4n) is 5.61. The summed E-state index contributed by atoms with van der Waals surface area (Å²) in [6, 6.07) is 10.5. The summed E-state index contributed by atoms with van der Waals surface area (Å²) in [5, 5.41) is 8.28. The first-order chi connectivity index (χ1) is 22.0. The van der Waals surface area contributed by atoms with Crippen molar-refractivity contribution in [3.63, 3.8) is 0 Å². The van der Waals surface area contributed by atoms with Gasteiger partial charge in [-0.25, -0.2) is 19.3 Å². The van der Waals surface area contributed by atoms with Gasteiger partial charge in [-0.1, -0.05) is 0 Å². The van der Waals surface area contributed by atoms with Crippen LogP contribution in [0.15, 0.2) is 61.2 Å². The first-order valence-corrected chi connectivity index (χ1v) is 15.1. The molecule has 5 aromatic heterocycles. The highest BCUT2D eigenvalue weighted by Gasteiger charge is 2.18. The Labute approximate surface area is 259 Å². The SMILES string of the molecule is CN(C)CCOc1cc(F)cc(-c2ccnc3nc(-c4[nH]nc5ncc(-c6cncc(OCCN7CCCC7)c6)cc45)[nH]c23)c1. The Hall–Kier alpha value is -4.94. The number of H-pyrrole nitrogens is 2. The number of hydrogen-bond acceptors (Lipinski definition) is 9. The van der Waals surface area contributed by atoms with E-state index in [9.17, 15) is 4.39 Å². The summed E-state index contributed by atoms with van der Waals surface area (Å²) in [6.45, 7) is 4.98. The van der Waals surface area contributed by atoms with Gasteiger partial charge in [0.25, 0.3) is 0 Å². The van der Waals surface area contributed by atoms with Gasteiger partial charge in [0.15, 0.2) is 17.1 Å². The Morgan fingerprint density at radius 1 is 0.889 bits per heavy atom. The number of halogens is 1. The third-order valence-electron chi connectivity index (χ3n) is 7.95. The zero-order valence-electron chi connectivity index (χ0n) is 25.3. The quantitative estimate of drug-likeness (QED) is 0.205. The molecule has 0 atom stereocenters. The predicted octanol–water partition coefficient (Wildman–Crippen LogP) is 5.18. The van der Waals surface area contributed by atoms with Crippen LogP contribution in [0.4, 0.5) is 4.39 Å². The number of hydrogen-bond donors (Lipinski definition) is 2. The highest BCUT2D eigenvalue weighted by atomic mass is 19.1. The number of nitrogens with one attached hydrogen (secondary N) is 2. The first-order valence-electron chi connectivity index (χ1n) is 15.1. The number of fused-ring (bicyclic) bond motifs is 2. The number of aromatic amines is 2. The Morgan fingerprint density at radius 3 is 2.58 bits per heavy atom. The van der Waals surface area contributed by atoms with Gasteiger partial charge in [0.05, 0.1) is 17.1 Å². The maximum absolute atomic E-state index is 14.7. The van der Waals surface area contributed by atoms with Crippen molar-refractivity contribution in [3.8, 4) is 45.3 Å². The second-order valence-electron chi connectivity index (χ2n) is 11.5. The molecule has 2 N–H and O–H groups in total. The van der Waals surface area contributed by atoms with E-state index in [2.05, 4.69) is 35.0 Å². The molecule has 1 aliphatic heterocycles. The molecule has 12 heteroatoms. The molecule has 1 fully saturated rings. The third-order valence-corrected chi connectivity index (χ3v) is 7.95. The van der Waals surface area contributed by atoms with Crippen molar-refractivity contribution in [2.24, 2.45) is 0 Å². The van der Waals surface area contributed by atoms with E-state index >= 15 is 0 Å². The lowest BCUT2D eigenvalue weighted by Crippen LogP contribution is -2.25. The van der Waals surface area contributed by atoms with Crippen LogP contribution in [-0.4, -0.2) is 98.4 Å². The fourth-order valence-corrected chi connectivity index (χ4v) is 5.61. The van der Waals surface area contributed by atoms with Gasteiger partial charge >= 0.3 is 0 Å². The maximum Gasteiger partial charge on any atom is 0.181 e. The normalized spacial score (nSPS) is 13.8. The second-order valence-corrected chi connectivity index (χ2v) is 11.5. The van der Waals surface area contributed by atoms with E-state index in [1.807, 2.05) is 43.3 Å². The van der Waals surface area contributed by atoms with Crippen LogP contribution >= 0.6 is 0 Å². The lowest BCUT2D eigenvalue weighted by atomic mass is 10.1. The van der Waals surface area contributed by atoms with Crippen molar-refractivity contribution in [1.29, 1.82) is 0 Å². The summed E-state index contributed by atoms with van der Waals surface area (Å²) in [5.41, 5.74) is 5.57. The van der Waals surface area contributed by atoms with Crippen LogP contribution in [-0.2, 0) is 0 Å². The summed E-state index contributed by atoms with van der Waals surface area (Å²) in [7, 11) is 3.93. The molecule has 0 saturated carbocycles. The van der Waals surface area contributed by atoms with Crippen LogP contribution in [0.3, 0.4) is 0 Å². The summed E-state index contributed by atoms with van der Waals surface area (Å²) in [4.78, 5) is 26.0. The van der Waals surface area contributed by atoms with Gasteiger partial charge < -0.3 is 19.4 Å². The van der Waals surface area contributed by atoms with Crippen LogP contribution in [0.5, 0.6) is 11.5 Å². The zero-order chi connectivity index (χ0) is 30.8. The number of ether oxygens (including phenoxy) is 2. The Balaban J connectivity index is 1.17. The Bertz CT molecular complexity index is 1950. The minimum absolute atomic E-state index is 0.384. The molecule has 1 aliphatic rings.